The molecule has 0 bridgehead atoms. The maximum absolute atomic E-state index is 6.41. The van der Waals surface area contributed by atoms with Gasteiger partial charge in [0, 0.05) is 30.7 Å². The number of nitrogens with two attached hydrogens (primary N) is 1. The summed E-state index contributed by atoms with van der Waals surface area (Å²) < 4.78 is 11.2. The Hall–Kier alpha value is -1.10. The first-order valence-electron chi connectivity index (χ1n) is 7.55. The molecule has 1 aromatic rings. The van der Waals surface area contributed by atoms with Crippen LogP contribution in [0.3, 0.4) is 0 Å². The van der Waals surface area contributed by atoms with Gasteiger partial charge in [-0.1, -0.05) is 25.1 Å². The first-order chi connectivity index (χ1) is 9.76. The number of ether oxygens (including phenoxy) is 2. The zero-order valence-electron chi connectivity index (χ0n) is 12.5. The summed E-state index contributed by atoms with van der Waals surface area (Å²) in [5, 5.41) is 0. The van der Waals surface area contributed by atoms with E-state index >= 15 is 0 Å². The van der Waals surface area contributed by atoms with Gasteiger partial charge in [-0.05, 0) is 19.4 Å². The van der Waals surface area contributed by atoms with Crippen LogP contribution in [0.25, 0.3) is 0 Å². The van der Waals surface area contributed by atoms with Crippen molar-refractivity contribution in [3.8, 4) is 5.75 Å². The van der Waals surface area contributed by atoms with Crippen molar-refractivity contribution in [3.05, 3.63) is 29.8 Å². The molecule has 0 aromatic heterocycles. The lowest BCUT2D eigenvalue weighted by molar-refractivity contribution is -0.0111. The minimum absolute atomic E-state index is 0.0232. The molecule has 0 amide bonds. The summed E-state index contributed by atoms with van der Waals surface area (Å²) in [6.45, 7) is 8.30. The van der Waals surface area contributed by atoms with Gasteiger partial charge in [-0.3, -0.25) is 4.90 Å². The normalized spacial score (nSPS) is 21.6. The van der Waals surface area contributed by atoms with Gasteiger partial charge in [-0.2, -0.15) is 0 Å². The Kier molecular flexibility index (Phi) is 5.83. The van der Waals surface area contributed by atoms with Crippen molar-refractivity contribution in [2.24, 2.45) is 5.73 Å². The summed E-state index contributed by atoms with van der Waals surface area (Å²) in [5.41, 5.74) is 7.50. The van der Waals surface area contributed by atoms with Crippen molar-refractivity contribution >= 4 is 0 Å². The molecule has 2 rings (SSSR count). The third-order valence-electron chi connectivity index (χ3n) is 3.87. The molecule has 1 aromatic carbocycles. The second kappa shape index (κ2) is 7.62. The molecule has 20 heavy (non-hydrogen) atoms. The second-order valence-electron chi connectivity index (χ2n) is 5.21. The van der Waals surface area contributed by atoms with Crippen molar-refractivity contribution in [3.63, 3.8) is 0 Å². The van der Waals surface area contributed by atoms with Gasteiger partial charge in [0.25, 0.3) is 0 Å². The number of benzene rings is 1. The molecular weight excluding hydrogens is 252 g/mol. The highest BCUT2D eigenvalue weighted by Gasteiger charge is 2.24. The van der Waals surface area contributed by atoms with Gasteiger partial charge in [-0.25, -0.2) is 0 Å². The van der Waals surface area contributed by atoms with E-state index < -0.39 is 0 Å². The molecule has 1 aliphatic rings. The first kappa shape index (κ1) is 15.3. The lowest BCUT2D eigenvalue weighted by Crippen LogP contribution is -2.47. The highest BCUT2D eigenvalue weighted by molar-refractivity contribution is 5.36. The van der Waals surface area contributed by atoms with Gasteiger partial charge in [-0.15, -0.1) is 0 Å². The van der Waals surface area contributed by atoms with E-state index in [-0.39, 0.29) is 6.04 Å². The van der Waals surface area contributed by atoms with Crippen molar-refractivity contribution in [2.45, 2.75) is 32.4 Å². The van der Waals surface area contributed by atoms with E-state index in [1.54, 1.807) is 0 Å². The minimum Gasteiger partial charge on any atom is -0.494 e. The van der Waals surface area contributed by atoms with Crippen LogP contribution in [0.2, 0.25) is 0 Å². The standard InChI is InChI=1S/C16H26N2O2/c1-3-13-12-19-10-9-18(13)11-15(17)14-7-5-6-8-16(14)20-4-2/h5-8,13,15H,3-4,9-12,17H2,1-2H3. The molecule has 1 aliphatic heterocycles. The Balaban J connectivity index is 2.05. The van der Waals surface area contributed by atoms with Gasteiger partial charge < -0.3 is 15.2 Å². The van der Waals surface area contributed by atoms with Gasteiger partial charge in [0.1, 0.15) is 5.75 Å². The molecule has 4 nitrogen and oxygen atoms in total. The fraction of sp³-hybridized carbons (Fsp3) is 0.625. The van der Waals surface area contributed by atoms with Crippen LogP contribution in [0, 0.1) is 0 Å². The van der Waals surface area contributed by atoms with Gasteiger partial charge in [0.15, 0.2) is 0 Å². The van der Waals surface area contributed by atoms with E-state index in [0.29, 0.717) is 12.6 Å². The van der Waals surface area contributed by atoms with E-state index in [9.17, 15) is 0 Å². The molecule has 0 radical (unpaired) electrons. The van der Waals surface area contributed by atoms with Crippen molar-refractivity contribution in [1.29, 1.82) is 0 Å². The molecule has 2 N–H and O–H groups in total. The highest BCUT2D eigenvalue weighted by Crippen LogP contribution is 2.25. The number of hydrogen-bond acceptors (Lipinski definition) is 4. The van der Waals surface area contributed by atoms with Crippen molar-refractivity contribution in [2.75, 3.05) is 32.9 Å². The molecule has 1 fully saturated rings. The van der Waals surface area contributed by atoms with Gasteiger partial charge in [0.05, 0.1) is 19.8 Å². The average Bonchev–Trinajstić information content (AvgIpc) is 2.48. The minimum atomic E-state index is -0.0232. The topological polar surface area (TPSA) is 47.7 Å². The Bertz CT molecular complexity index is 411. The number of morpholine rings is 1. The van der Waals surface area contributed by atoms with E-state index in [1.807, 2.05) is 25.1 Å². The molecule has 4 heteroatoms. The summed E-state index contributed by atoms with van der Waals surface area (Å²) in [6, 6.07) is 8.53. The molecule has 112 valence electrons. The Morgan fingerprint density at radius 1 is 1.40 bits per heavy atom. The summed E-state index contributed by atoms with van der Waals surface area (Å²) in [5.74, 6) is 0.906. The zero-order chi connectivity index (χ0) is 14.4. The summed E-state index contributed by atoms with van der Waals surface area (Å²) in [6.07, 6.45) is 1.10. The van der Waals surface area contributed by atoms with Crippen LogP contribution < -0.4 is 10.5 Å². The van der Waals surface area contributed by atoms with Crippen LogP contribution in [0.4, 0.5) is 0 Å². The fourth-order valence-corrected chi connectivity index (χ4v) is 2.73. The van der Waals surface area contributed by atoms with Crippen molar-refractivity contribution in [1.82, 2.24) is 4.90 Å². The van der Waals surface area contributed by atoms with Crippen LogP contribution in [0.5, 0.6) is 5.75 Å². The summed E-state index contributed by atoms with van der Waals surface area (Å²) >= 11 is 0. The molecule has 0 spiro atoms. The Labute approximate surface area is 121 Å². The van der Waals surface area contributed by atoms with Gasteiger partial charge in [0.2, 0.25) is 0 Å². The molecular formula is C16H26N2O2. The molecule has 0 aliphatic carbocycles. The maximum Gasteiger partial charge on any atom is 0.124 e. The van der Waals surface area contributed by atoms with Crippen LogP contribution in [0.1, 0.15) is 31.9 Å². The SMILES string of the molecule is CCOc1ccccc1C(N)CN1CCOCC1CC. The molecule has 1 heterocycles. The average molecular weight is 278 g/mol. The third kappa shape index (κ3) is 3.72. The maximum atomic E-state index is 6.41. The Morgan fingerprint density at radius 2 is 2.20 bits per heavy atom. The van der Waals surface area contributed by atoms with Crippen molar-refractivity contribution < 1.29 is 9.47 Å². The van der Waals surface area contributed by atoms with Crippen LogP contribution in [0.15, 0.2) is 24.3 Å². The highest BCUT2D eigenvalue weighted by atomic mass is 16.5. The molecule has 0 saturated carbocycles. The van der Waals surface area contributed by atoms with E-state index in [2.05, 4.69) is 17.9 Å². The lowest BCUT2D eigenvalue weighted by atomic mass is 10.0. The smallest absolute Gasteiger partial charge is 0.124 e. The number of nitrogens with zero attached hydrogens (tertiary/aromatic N) is 1. The molecule has 2 atom stereocenters. The van der Waals surface area contributed by atoms with Crippen LogP contribution in [-0.2, 0) is 4.74 Å². The number of hydrogen-bond donors (Lipinski definition) is 1. The quantitative estimate of drug-likeness (QED) is 0.866. The van der Waals surface area contributed by atoms with Crippen LogP contribution in [-0.4, -0.2) is 43.9 Å². The van der Waals surface area contributed by atoms with Crippen LogP contribution >= 0.6 is 0 Å². The predicted molar refractivity (Wildman–Crippen MR) is 81.0 cm³/mol. The first-order valence-corrected chi connectivity index (χ1v) is 7.55. The van der Waals surface area contributed by atoms with Gasteiger partial charge >= 0.3 is 0 Å². The number of para-hydroxylation sites is 1. The van der Waals surface area contributed by atoms with E-state index in [4.69, 9.17) is 15.2 Å². The molecule has 1 saturated heterocycles. The lowest BCUT2D eigenvalue weighted by Gasteiger charge is -2.36. The number of rotatable bonds is 6. The summed E-state index contributed by atoms with van der Waals surface area (Å²) in [4.78, 5) is 2.44. The third-order valence-corrected chi connectivity index (χ3v) is 3.87. The van der Waals surface area contributed by atoms with E-state index in [0.717, 1.165) is 44.0 Å². The second-order valence-corrected chi connectivity index (χ2v) is 5.21. The zero-order valence-corrected chi connectivity index (χ0v) is 12.5. The molecule has 2 unspecified atom stereocenters. The summed E-state index contributed by atoms with van der Waals surface area (Å²) in [7, 11) is 0. The Morgan fingerprint density at radius 3 is 2.95 bits per heavy atom. The largest absolute Gasteiger partial charge is 0.494 e. The monoisotopic (exact) mass is 278 g/mol. The van der Waals surface area contributed by atoms with E-state index in [1.165, 1.54) is 0 Å². The fourth-order valence-electron chi connectivity index (χ4n) is 2.73. The predicted octanol–water partition coefficient (Wildman–Crippen LogP) is 2.20.